The van der Waals surface area contributed by atoms with Crippen LogP contribution in [0.4, 0.5) is 0 Å². The van der Waals surface area contributed by atoms with E-state index in [-0.39, 0.29) is 13.0 Å². The molecule has 1 N–H and O–H groups in total. The molecule has 8 heteroatoms. The van der Waals surface area contributed by atoms with Crippen LogP contribution in [0.3, 0.4) is 0 Å². The molecule has 0 radical (unpaired) electrons. The highest BCUT2D eigenvalue weighted by atomic mass is 35.5. The van der Waals surface area contributed by atoms with Gasteiger partial charge in [-0.05, 0) is 41.5 Å². The Bertz CT molecular complexity index is 1140. The number of halogens is 1. The summed E-state index contributed by atoms with van der Waals surface area (Å²) in [7, 11) is 0. The van der Waals surface area contributed by atoms with E-state index >= 15 is 0 Å². The average molecular weight is 478 g/mol. The quantitative estimate of drug-likeness (QED) is 0.391. The molecule has 0 saturated carbocycles. The molecule has 0 bridgehead atoms. The van der Waals surface area contributed by atoms with E-state index in [9.17, 15) is 14.4 Å². The summed E-state index contributed by atoms with van der Waals surface area (Å²) in [5, 5.41) is 4.27. The Morgan fingerprint density at radius 3 is 2.38 bits per heavy atom. The predicted octanol–water partition coefficient (Wildman–Crippen LogP) is 3.98. The van der Waals surface area contributed by atoms with Crippen molar-refractivity contribution in [2.24, 2.45) is 0 Å². The van der Waals surface area contributed by atoms with Crippen molar-refractivity contribution in [3.05, 3.63) is 107 Å². The third kappa shape index (κ3) is 7.86. The van der Waals surface area contributed by atoms with Crippen molar-refractivity contribution >= 4 is 35.5 Å². The molecule has 1 atom stereocenters. The lowest BCUT2D eigenvalue weighted by molar-refractivity contribution is -0.200. The van der Waals surface area contributed by atoms with Gasteiger partial charge in [-0.3, -0.25) is 19.4 Å². The lowest BCUT2D eigenvalue weighted by Crippen LogP contribution is -2.49. The number of benzene rings is 2. The zero-order valence-corrected chi connectivity index (χ0v) is 19.3. The van der Waals surface area contributed by atoms with Gasteiger partial charge in [-0.2, -0.15) is 5.06 Å². The highest BCUT2D eigenvalue weighted by molar-refractivity contribution is 6.30. The smallest absolute Gasteiger partial charge is 0.329 e. The van der Waals surface area contributed by atoms with Crippen LogP contribution < -0.4 is 5.32 Å². The Hall–Kier alpha value is -3.97. The highest BCUT2D eigenvalue weighted by Gasteiger charge is 2.28. The summed E-state index contributed by atoms with van der Waals surface area (Å²) < 4.78 is 0. The molecule has 3 aromatic rings. The minimum absolute atomic E-state index is 0.0362. The van der Waals surface area contributed by atoms with E-state index in [1.54, 1.807) is 54.7 Å². The van der Waals surface area contributed by atoms with Crippen molar-refractivity contribution in [3.63, 3.8) is 0 Å². The van der Waals surface area contributed by atoms with E-state index in [4.69, 9.17) is 16.4 Å². The van der Waals surface area contributed by atoms with Crippen molar-refractivity contribution in [3.8, 4) is 0 Å². The second kappa shape index (κ2) is 12.3. The van der Waals surface area contributed by atoms with Crippen molar-refractivity contribution < 1.29 is 19.2 Å². The lowest BCUT2D eigenvalue weighted by Gasteiger charge is -2.26. The molecule has 0 spiro atoms. The summed E-state index contributed by atoms with van der Waals surface area (Å²) in [6.45, 7) is 1.25. The van der Waals surface area contributed by atoms with E-state index in [1.165, 1.54) is 13.0 Å². The second-order valence-electron chi connectivity index (χ2n) is 7.41. The number of nitrogens with zero attached hydrogens (tertiary/aromatic N) is 2. The van der Waals surface area contributed by atoms with Gasteiger partial charge in [0.25, 0.3) is 5.91 Å². The molecule has 0 fully saturated rings. The van der Waals surface area contributed by atoms with Crippen LogP contribution in [0.1, 0.15) is 23.7 Å². The first-order valence-electron chi connectivity index (χ1n) is 10.6. The molecule has 174 valence electrons. The lowest BCUT2D eigenvalue weighted by atomic mass is 10.1. The Morgan fingerprint density at radius 1 is 1.03 bits per heavy atom. The molecule has 1 aromatic heterocycles. The fraction of sp³-hybridized carbons (Fsp3) is 0.154. The number of hydroxylamine groups is 2. The third-order valence-corrected chi connectivity index (χ3v) is 4.96. The van der Waals surface area contributed by atoms with Gasteiger partial charge < -0.3 is 10.2 Å². The van der Waals surface area contributed by atoms with Crippen LogP contribution in [-0.2, 0) is 32.2 Å². The van der Waals surface area contributed by atoms with Gasteiger partial charge in [0, 0.05) is 36.3 Å². The zero-order chi connectivity index (χ0) is 24.3. The molecule has 0 aliphatic carbocycles. The molecule has 0 unspecified atom stereocenters. The molecule has 1 heterocycles. The molecular weight excluding hydrogens is 454 g/mol. The van der Waals surface area contributed by atoms with Crippen LogP contribution in [0, 0.1) is 0 Å². The maximum absolute atomic E-state index is 13.4. The second-order valence-corrected chi connectivity index (χ2v) is 7.85. The van der Waals surface area contributed by atoms with E-state index in [1.807, 2.05) is 30.3 Å². The number of hydrogen-bond acceptors (Lipinski definition) is 5. The number of pyridine rings is 1. The van der Waals surface area contributed by atoms with E-state index in [2.05, 4.69) is 10.3 Å². The summed E-state index contributed by atoms with van der Waals surface area (Å²) in [5.74, 6) is -1.69. The molecule has 2 amide bonds. The Morgan fingerprint density at radius 2 is 1.74 bits per heavy atom. The van der Waals surface area contributed by atoms with Crippen LogP contribution in [0.25, 0.3) is 6.08 Å². The fourth-order valence-corrected chi connectivity index (χ4v) is 3.25. The standard InChI is InChI=1S/C26H24ClN3O4/c1-19(31)34-30(18-21-7-3-2-4-8-21)26(33)24(17-23-9-5-6-16-28-23)29-25(32)15-12-20-10-13-22(27)14-11-20/h2-16,24H,17-18H2,1H3,(H,29,32)/b15-12+/t24-/m0/s1. The van der Waals surface area contributed by atoms with Crippen LogP contribution in [0.2, 0.25) is 5.02 Å². The van der Waals surface area contributed by atoms with Crippen LogP contribution >= 0.6 is 11.6 Å². The maximum Gasteiger partial charge on any atom is 0.329 e. The first-order chi connectivity index (χ1) is 16.4. The molecule has 34 heavy (non-hydrogen) atoms. The van der Waals surface area contributed by atoms with Crippen LogP contribution in [-0.4, -0.2) is 33.9 Å². The monoisotopic (exact) mass is 477 g/mol. The van der Waals surface area contributed by atoms with Gasteiger partial charge in [-0.25, -0.2) is 0 Å². The average Bonchev–Trinajstić information content (AvgIpc) is 2.83. The number of rotatable bonds is 8. The fourth-order valence-electron chi connectivity index (χ4n) is 3.13. The summed E-state index contributed by atoms with van der Waals surface area (Å²) in [6.07, 6.45) is 4.66. The van der Waals surface area contributed by atoms with Crippen LogP contribution in [0.15, 0.2) is 85.1 Å². The van der Waals surface area contributed by atoms with Gasteiger partial charge in [0.15, 0.2) is 0 Å². The summed E-state index contributed by atoms with van der Waals surface area (Å²) >= 11 is 5.89. The molecule has 0 aliphatic heterocycles. The van der Waals surface area contributed by atoms with Gasteiger partial charge in [-0.1, -0.05) is 60.1 Å². The first-order valence-corrected chi connectivity index (χ1v) is 11.0. The number of carbonyl (C=O) groups excluding carboxylic acids is 3. The Labute approximate surface area is 203 Å². The van der Waals surface area contributed by atoms with Crippen molar-refractivity contribution in [1.82, 2.24) is 15.4 Å². The minimum Gasteiger partial charge on any atom is -0.340 e. The molecule has 0 saturated heterocycles. The summed E-state index contributed by atoms with van der Waals surface area (Å²) in [4.78, 5) is 47.2. The van der Waals surface area contributed by atoms with E-state index < -0.39 is 23.8 Å². The number of carbonyl (C=O) groups is 3. The van der Waals surface area contributed by atoms with Gasteiger partial charge in [0.1, 0.15) is 6.04 Å². The number of hydrogen-bond donors (Lipinski definition) is 1. The van der Waals surface area contributed by atoms with Gasteiger partial charge in [-0.15, -0.1) is 0 Å². The van der Waals surface area contributed by atoms with Crippen molar-refractivity contribution in [1.29, 1.82) is 0 Å². The third-order valence-electron chi connectivity index (χ3n) is 4.70. The van der Waals surface area contributed by atoms with Crippen molar-refractivity contribution in [2.75, 3.05) is 0 Å². The molecule has 3 rings (SSSR count). The molecule has 2 aromatic carbocycles. The predicted molar refractivity (Wildman–Crippen MR) is 129 cm³/mol. The summed E-state index contributed by atoms with van der Waals surface area (Å²) in [6, 6.07) is 20.4. The number of aromatic nitrogens is 1. The Kier molecular flexibility index (Phi) is 8.94. The van der Waals surface area contributed by atoms with E-state index in [0.717, 1.165) is 16.2 Å². The SMILES string of the molecule is CC(=O)ON(Cc1ccccc1)C(=O)[C@H](Cc1ccccn1)NC(=O)/C=C/c1ccc(Cl)cc1. The first kappa shape index (κ1) is 24.7. The van der Waals surface area contributed by atoms with E-state index in [0.29, 0.717) is 10.7 Å². The van der Waals surface area contributed by atoms with Crippen LogP contribution in [0.5, 0.6) is 0 Å². The van der Waals surface area contributed by atoms with Gasteiger partial charge >= 0.3 is 5.97 Å². The zero-order valence-electron chi connectivity index (χ0n) is 18.6. The number of amides is 2. The molecule has 7 nitrogen and oxygen atoms in total. The molecule has 0 aliphatic rings. The Balaban J connectivity index is 1.80. The largest absolute Gasteiger partial charge is 0.340 e. The minimum atomic E-state index is -1.01. The highest BCUT2D eigenvalue weighted by Crippen LogP contribution is 2.12. The normalized spacial score (nSPS) is 11.6. The van der Waals surface area contributed by atoms with Gasteiger partial charge in [0.2, 0.25) is 5.91 Å². The van der Waals surface area contributed by atoms with Crippen molar-refractivity contribution in [2.45, 2.75) is 25.9 Å². The topological polar surface area (TPSA) is 88.6 Å². The molecular formula is C26H24ClN3O4. The van der Waals surface area contributed by atoms with Gasteiger partial charge in [0.05, 0.1) is 6.54 Å². The summed E-state index contributed by atoms with van der Waals surface area (Å²) in [5.41, 5.74) is 2.14. The number of nitrogens with one attached hydrogen (secondary N) is 1. The maximum atomic E-state index is 13.4.